The lowest BCUT2D eigenvalue weighted by molar-refractivity contribution is -0.305. The number of hydrogen-bond acceptors (Lipinski definition) is 3. The van der Waals surface area contributed by atoms with Gasteiger partial charge in [-0.3, -0.25) is 4.79 Å². The van der Waals surface area contributed by atoms with Crippen LogP contribution in [0.5, 0.6) is 0 Å². The van der Waals surface area contributed by atoms with Crippen molar-refractivity contribution in [3.63, 3.8) is 0 Å². The van der Waals surface area contributed by atoms with Gasteiger partial charge >= 0.3 is 5.97 Å². The Labute approximate surface area is 136 Å². The molecule has 0 aromatic heterocycles. The molecule has 0 aromatic carbocycles. The Balaban J connectivity index is 2.83. The highest BCUT2D eigenvalue weighted by atomic mass is 127. The van der Waals surface area contributed by atoms with Crippen molar-refractivity contribution < 1.29 is 14.7 Å². The molecule has 4 nitrogen and oxygen atoms in total. The number of esters is 1. The zero-order chi connectivity index (χ0) is 15.6. The average molecular weight is 396 g/mol. The number of halogens is 1. The van der Waals surface area contributed by atoms with Crippen molar-refractivity contribution in [2.24, 2.45) is 0 Å². The molecular formula is C15H27INO3. The van der Waals surface area contributed by atoms with Gasteiger partial charge in [-0.1, -0.05) is 42.4 Å². The SMILES string of the molecule is CCCCC1(C)CC(OC(=O)C(C)I)CC(C)(C)N1[O]. The molecule has 0 aromatic rings. The van der Waals surface area contributed by atoms with Crippen LogP contribution in [-0.2, 0) is 14.7 Å². The number of hydrogen-bond donors (Lipinski definition) is 0. The van der Waals surface area contributed by atoms with Crippen LogP contribution in [0.1, 0.15) is 66.7 Å². The summed E-state index contributed by atoms with van der Waals surface area (Å²) >= 11 is 2.06. The molecule has 3 unspecified atom stereocenters. The average Bonchev–Trinajstić information content (AvgIpc) is 2.33. The number of rotatable bonds is 5. The molecule has 0 aliphatic carbocycles. The molecule has 1 heterocycles. The van der Waals surface area contributed by atoms with Gasteiger partial charge in [0.2, 0.25) is 0 Å². The third-order valence-electron chi connectivity index (χ3n) is 4.11. The van der Waals surface area contributed by atoms with Gasteiger partial charge in [0.1, 0.15) is 10.0 Å². The molecule has 0 saturated carbocycles. The van der Waals surface area contributed by atoms with Crippen LogP contribution in [0.25, 0.3) is 0 Å². The number of unbranched alkanes of at least 4 members (excludes halogenated alkanes) is 1. The normalized spacial score (nSPS) is 31.9. The Hall–Kier alpha value is 0.120. The number of nitrogens with zero attached hydrogens (tertiary/aromatic N) is 1. The fourth-order valence-corrected chi connectivity index (χ4v) is 3.27. The molecule has 0 N–H and O–H groups in total. The Morgan fingerprint density at radius 3 is 2.50 bits per heavy atom. The van der Waals surface area contributed by atoms with E-state index in [2.05, 4.69) is 29.5 Å². The highest BCUT2D eigenvalue weighted by molar-refractivity contribution is 14.1. The molecule has 5 heteroatoms. The van der Waals surface area contributed by atoms with E-state index in [1.54, 1.807) is 0 Å². The molecule has 3 atom stereocenters. The number of carbonyl (C=O) groups excluding carboxylic acids is 1. The van der Waals surface area contributed by atoms with E-state index in [-0.39, 0.29) is 16.0 Å². The zero-order valence-corrected chi connectivity index (χ0v) is 15.4. The number of piperidine rings is 1. The van der Waals surface area contributed by atoms with E-state index in [9.17, 15) is 10.0 Å². The summed E-state index contributed by atoms with van der Waals surface area (Å²) in [4.78, 5) is 11.8. The van der Waals surface area contributed by atoms with Gasteiger partial charge in [0, 0.05) is 18.4 Å². The summed E-state index contributed by atoms with van der Waals surface area (Å²) in [6, 6.07) is 0. The topological polar surface area (TPSA) is 49.4 Å². The van der Waals surface area contributed by atoms with Crippen LogP contribution in [0.4, 0.5) is 0 Å². The first-order valence-electron chi connectivity index (χ1n) is 7.44. The summed E-state index contributed by atoms with van der Waals surface area (Å²) in [5.74, 6) is -0.177. The van der Waals surface area contributed by atoms with Crippen molar-refractivity contribution in [1.29, 1.82) is 0 Å². The van der Waals surface area contributed by atoms with Gasteiger partial charge in [0.25, 0.3) is 0 Å². The summed E-state index contributed by atoms with van der Waals surface area (Å²) in [5, 5.41) is 13.9. The zero-order valence-electron chi connectivity index (χ0n) is 13.2. The first-order valence-corrected chi connectivity index (χ1v) is 8.69. The molecule has 20 heavy (non-hydrogen) atoms. The molecule has 117 valence electrons. The second kappa shape index (κ2) is 6.92. The Kier molecular flexibility index (Phi) is 6.29. The molecule has 1 saturated heterocycles. The van der Waals surface area contributed by atoms with Crippen molar-refractivity contribution in [3.05, 3.63) is 0 Å². The minimum atomic E-state index is -0.486. The van der Waals surface area contributed by atoms with Crippen LogP contribution < -0.4 is 0 Å². The maximum absolute atomic E-state index is 12.6. The molecule has 1 fully saturated rings. The Morgan fingerprint density at radius 1 is 1.40 bits per heavy atom. The summed E-state index contributed by atoms with van der Waals surface area (Å²) in [7, 11) is 0. The first-order chi connectivity index (χ1) is 9.12. The van der Waals surface area contributed by atoms with Gasteiger partial charge in [0.15, 0.2) is 0 Å². The molecule has 1 aliphatic heterocycles. The third kappa shape index (κ3) is 4.31. The van der Waals surface area contributed by atoms with E-state index in [0.29, 0.717) is 12.8 Å². The van der Waals surface area contributed by atoms with E-state index < -0.39 is 11.1 Å². The largest absolute Gasteiger partial charge is 0.461 e. The van der Waals surface area contributed by atoms with Gasteiger partial charge in [-0.2, -0.15) is 0 Å². The number of alkyl halides is 1. The molecule has 0 bridgehead atoms. The maximum atomic E-state index is 12.6. The fraction of sp³-hybridized carbons (Fsp3) is 0.933. The highest BCUT2D eigenvalue weighted by Crippen LogP contribution is 2.41. The van der Waals surface area contributed by atoms with Crippen LogP contribution in [0, 0.1) is 0 Å². The van der Waals surface area contributed by atoms with Crippen molar-refractivity contribution in [2.45, 2.75) is 87.8 Å². The molecular weight excluding hydrogens is 369 g/mol. The molecule has 1 aliphatic rings. The van der Waals surface area contributed by atoms with Crippen LogP contribution in [0.2, 0.25) is 0 Å². The highest BCUT2D eigenvalue weighted by Gasteiger charge is 2.49. The van der Waals surface area contributed by atoms with Crippen LogP contribution in [-0.4, -0.2) is 32.1 Å². The van der Waals surface area contributed by atoms with E-state index in [1.165, 1.54) is 5.06 Å². The lowest BCUT2D eigenvalue weighted by atomic mass is 9.77. The summed E-state index contributed by atoms with van der Waals surface area (Å²) in [5.41, 5.74) is -0.919. The van der Waals surface area contributed by atoms with Crippen LogP contribution in [0.15, 0.2) is 0 Å². The fourth-order valence-electron chi connectivity index (χ4n) is 3.12. The van der Waals surface area contributed by atoms with Crippen molar-refractivity contribution >= 4 is 28.6 Å². The smallest absolute Gasteiger partial charge is 0.318 e. The second-order valence-electron chi connectivity index (χ2n) is 6.79. The predicted octanol–water partition coefficient (Wildman–Crippen LogP) is 3.89. The van der Waals surface area contributed by atoms with Crippen molar-refractivity contribution in [2.75, 3.05) is 0 Å². The van der Waals surface area contributed by atoms with E-state index in [1.807, 2.05) is 27.7 Å². The predicted molar refractivity (Wildman–Crippen MR) is 87.1 cm³/mol. The van der Waals surface area contributed by atoms with Gasteiger partial charge in [-0.05, 0) is 34.1 Å². The van der Waals surface area contributed by atoms with E-state index in [4.69, 9.17) is 4.74 Å². The Morgan fingerprint density at radius 2 is 2.00 bits per heavy atom. The van der Waals surface area contributed by atoms with Crippen LogP contribution >= 0.6 is 22.6 Å². The standard InChI is InChI=1S/C15H27INO3/c1-6-7-8-15(5)10-12(20-13(18)11(2)16)9-14(3,4)17(15)19/h11-12H,6-10H2,1-5H3. The molecule has 0 spiro atoms. The van der Waals surface area contributed by atoms with Gasteiger partial charge in [0.05, 0.1) is 5.54 Å². The first kappa shape index (κ1) is 18.2. The number of hydroxylamine groups is 2. The second-order valence-corrected chi connectivity index (χ2v) is 8.66. The van der Waals surface area contributed by atoms with E-state index >= 15 is 0 Å². The summed E-state index contributed by atoms with van der Waals surface area (Å²) in [6.45, 7) is 9.84. The number of ether oxygens (including phenoxy) is 1. The summed E-state index contributed by atoms with van der Waals surface area (Å²) < 4.78 is 5.45. The van der Waals surface area contributed by atoms with Gasteiger partial charge in [-0.15, -0.1) is 10.3 Å². The van der Waals surface area contributed by atoms with Gasteiger partial charge in [-0.25, -0.2) is 0 Å². The maximum Gasteiger partial charge on any atom is 0.318 e. The van der Waals surface area contributed by atoms with Gasteiger partial charge < -0.3 is 4.74 Å². The van der Waals surface area contributed by atoms with Crippen LogP contribution in [0.3, 0.4) is 0 Å². The van der Waals surface area contributed by atoms with Crippen molar-refractivity contribution in [1.82, 2.24) is 5.06 Å². The quantitative estimate of drug-likeness (QED) is 0.403. The minimum Gasteiger partial charge on any atom is -0.461 e. The van der Waals surface area contributed by atoms with Crippen molar-refractivity contribution in [3.8, 4) is 0 Å². The minimum absolute atomic E-state index is 0.150. The number of carbonyl (C=O) groups is 1. The molecule has 1 rings (SSSR count). The Bertz CT molecular complexity index is 346. The lowest BCUT2D eigenvalue weighted by Crippen LogP contribution is -2.61. The lowest BCUT2D eigenvalue weighted by Gasteiger charge is -2.51. The molecule has 0 amide bonds. The molecule has 1 radical (unpaired) electrons. The summed E-state index contributed by atoms with van der Waals surface area (Å²) in [6.07, 6.45) is 4.03. The monoisotopic (exact) mass is 396 g/mol. The van der Waals surface area contributed by atoms with E-state index in [0.717, 1.165) is 19.3 Å². The third-order valence-corrected chi connectivity index (χ3v) is 4.62.